The van der Waals surface area contributed by atoms with Crippen LogP contribution in [0.2, 0.25) is 0 Å². The molecule has 1 aromatic rings. The van der Waals surface area contributed by atoms with Gasteiger partial charge in [0.15, 0.2) is 0 Å². The Morgan fingerprint density at radius 3 is 2.72 bits per heavy atom. The lowest BCUT2D eigenvalue weighted by Gasteiger charge is -2.42. The van der Waals surface area contributed by atoms with Gasteiger partial charge in [-0.1, -0.05) is 30.4 Å². The van der Waals surface area contributed by atoms with Crippen LogP contribution in [0.3, 0.4) is 0 Å². The molecule has 2 aliphatic heterocycles. The molecule has 0 radical (unpaired) electrons. The highest BCUT2D eigenvalue weighted by atomic mass is 16.2. The summed E-state index contributed by atoms with van der Waals surface area (Å²) >= 11 is 0. The molecule has 1 fully saturated rings. The second kappa shape index (κ2) is 4.05. The van der Waals surface area contributed by atoms with E-state index in [0.29, 0.717) is 0 Å². The molecule has 1 aromatic carbocycles. The molecule has 4 nitrogen and oxygen atoms in total. The van der Waals surface area contributed by atoms with Gasteiger partial charge in [0.1, 0.15) is 0 Å². The smallest absolute Gasteiger partial charge is 0.314 e. The number of hydrogen-bond acceptors (Lipinski definition) is 2. The van der Waals surface area contributed by atoms with Gasteiger partial charge in [-0.05, 0) is 24.5 Å². The Balaban J connectivity index is 1.79. The number of nitrogens with zero attached hydrogens (tertiary/aromatic N) is 1. The lowest BCUT2D eigenvalue weighted by Crippen LogP contribution is -2.51. The molecule has 0 unspecified atom stereocenters. The van der Waals surface area contributed by atoms with Crippen molar-refractivity contribution in [3.05, 3.63) is 35.9 Å². The quantitative estimate of drug-likeness (QED) is 0.732. The first-order chi connectivity index (χ1) is 8.69. The summed E-state index contributed by atoms with van der Waals surface area (Å²) in [5.74, 6) is 0. The van der Waals surface area contributed by atoms with Gasteiger partial charge in [-0.3, -0.25) is 0 Å². The van der Waals surface area contributed by atoms with E-state index < -0.39 is 0 Å². The van der Waals surface area contributed by atoms with Gasteiger partial charge < -0.3 is 16.0 Å². The van der Waals surface area contributed by atoms with Crippen molar-refractivity contribution in [2.45, 2.75) is 18.4 Å². The van der Waals surface area contributed by atoms with E-state index in [1.165, 1.54) is 11.3 Å². The lowest BCUT2D eigenvalue weighted by atomic mass is 9.84. The first-order valence-corrected chi connectivity index (χ1v) is 6.29. The number of carbonyl (C=O) groups excluding carboxylic acids is 1. The monoisotopic (exact) mass is 243 g/mol. The van der Waals surface area contributed by atoms with Crippen LogP contribution in [-0.2, 0) is 0 Å². The number of hydrogen-bond donors (Lipinski definition) is 2. The van der Waals surface area contributed by atoms with E-state index in [9.17, 15) is 4.79 Å². The summed E-state index contributed by atoms with van der Waals surface area (Å²) in [7, 11) is 0. The predicted molar refractivity (Wildman–Crippen MR) is 72.2 cm³/mol. The second-order valence-electron chi connectivity index (χ2n) is 5.03. The molecule has 2 aliphatic rings. The number of nitrogens with two attached hydrogens (primary N) is 1. The SMILES string of the molecule is NC(=O)N1CCC2(C=Cc3ccccc3N2)CC1. The summed E-state index contributed by atoms with van der Waals surface area (Å²) in [6.07, 6.45) is 6.21. The third-order valence-corrected chi connectivity index (χ3v) is 3.89. The summed E-state index contributed by atoms with van der Waals surface area (Å²) < 4.78 is 0. The summed E-state index contributed by atoms with van der Waals surface area (Å²) in [4.78, 5) is 12.8. The normalized spacial score (nSPS) is 20.3. The number of carbonyl (C=O) groups is 1. The van der Waals surface area contributed by atoms with Gasteiger partial charge in [0, 0.05) is 18.8 Å². The van der Waals surface area contributed by atoms with Crippen LogP contribution in [0.15, 0.2) is 30.3 Å². The molecule has 0 atom stereocenters. The van der Waals surface area contributed by atoms with Crippen LogP contribution in [0.4, 0.5) is 10.5 Å². The zero-order valence-corrected chi connectivity index (χ0v) is 10.2. The maximum absolute atomic E-state index is 11.1. The molecule has 0 aromatic heterocycles. The number of amides is 2. The van der Waals surface area contributed by atoms with Gasteiger partial charge in [0.2, 0.25) is 0 Å². The third-order valence-electron chi connectivity index (χ3n) is 3.89. The number of para-hydroxylation sites is 1. The van der Waals surface area contributed by atoms with Crippen LogP contribution >= 0.6 is 0 Å². The molecule has 3 rings (SSSR count). The maximum Gasteiger partial charge on any atom is 0.314 e. The Bertz CT molecular complexity index is 502. The number of fused-ring (bicyclic) bond motifs is 1. The second-order valence-corrected chi connectivity index (χ2v) is 5.03. The van der Waals surface area contributed by atoms with Crippen molar-refractivity contribution in [3.63, 3.8) is 0 Å². The topological polar surface area (TPSA) is 58.4 Å². The summed E-state index contributed by atoms with van der Waals surface area (Å²) in [5.41, 5.74) is 7.69. The molecule has 2 heterocycles. The minimum absolute atomic E-state index is 0.0136. The Morgan fingerprint density at radius 1 is 1.28 bits per heavy atom. The average molecular weight is 243 g/mol. The Kier molecular flexibility index (Phi) is 2.51. The van der Waals surface area contributed by atoms with E-state index in [4.69, 9.17) is 5.73 Å². The fraction of sp³-hybridized carbons (Fsp3) is 0.357. The van der Waals surface area contributed by atoms with Gasteiger partial charge >= 0.3 is 6.03 Å². The molecular weight excluding hydrogens is 226 g/mol. The third kappa shape index (κ3) is 1.83. The van der Waals surface area contributed by atoms with Crippen LogP contribution < -0.4 is 11.1 Å². The highest BCUT2D eigenvalue weighted by Gasteiger charge is 2.35. The van der Waals surface area contributed by atoms with Crippen molar-refractivity contribution in [1.29, 1.82) is 0 Å². The number of nitrogens with one attached hydrogen (secondary N) is 1. The average Bonchev–Trinajstić information content (AvgIpc) is 2.39. The number of benzene rings is 1. The number of piperidine rings is 1. The van der Waals surface area contributed by atoms with Crippen molar-refractivity contribution in [2.75, 3.05) is 18.4 Å². The number of rotatable bonds is 0. The van der Waals surface area contributed by atoms with E-state index >= 15 is 0 Å². The van der Waals surface area contributed by atoms with Crippen LogP contribution in [0.5, 0.6) is 0 Å². The molecule has 18 heavy (non-hydrogen) atoms. The van der Waals surface area contributed by atoms with Crippen molar-refractivity contribution < 1.29 is 4.79 Å². The minimum Gasteiger partial charge on any atom is -0.375 e. The standard InChI is InChI=1S/C14H17N3O/c15-13(18)17-9-7-14(8-10-17)6-5-11-3-1-2-4-12(11)16-14/h1-6,16H,7-10H2,(H2,15,18). The lowest BCUT2D eigenvalue weighted by molar-refractivity contribution is 0.183. The minimum atomic E-state index is -0.315. The van der Waals surface area contributed by atoms with Crippen molar-refractivity contribution in [2.24, 2.45) is 5.73 Å². The van der Waals surface area contributed by atoms with Crippen molar-refractivity contribution in [1.82, 2.24) is 4.90 Å². The molecule has 1 saturated heterocycles. The van der Waals surface area contributed by atoms with E-state index in [2.05, 4.69) is 29.6 Å². The molecule has 4 heteroatoms. The molecule has 94 valence electrons. The zero-order valence-electron chi connectivity index (χ0n) is 10.2. The van der Waals surface area contributed by atoms with E-state index in [1.54, 1.807) is 4.90 Å². The van der Waals surface area contributed by atoms with Crippen LogP contribution in [0.1, 0.15) is 18.4 Å². The highest BCUT2D eigenvalue weighted by molar-refractivity contribution is 5.74. The number of anilines is 1. The summed E-state index contributed by atoms with van der Waals surface area (Å²) in [6, 6.07) is 7.96. The molecule has 0 aliphatic carbocycles. The van der Waals surface area contributed by atoms with Gasteiger partial charge in [0.05, 0.1) is 5.54 Å². The number of primary amides is 1. The fourth-order valence-corrected chi connectivity index (χ4v) is 2.73. The maximum atomic E-state index is 11.1. The van der Waals surface area contributed by atoms with Crippen molar-refractivity contribution in [3.8, 4) is 0 Å². The molecular formula is C14H17N3O. The van der Waals surface area contributed by atoms with E-state index in [-0.39, 0.29) is 11.6 Å². The van der Waals surface area contributed by atoms with Crippen LogP contribution in [-0.4, -0.2) is 29.6 Å². The zero-order chi connectivity index (χ0) is 12.6. The fourth-order valence-electron chi connectivity index (χ4n) is 2.73. The Hall–Kier alpha value is -1.97. The Morgan fingerprint density at radius 2 is 2.00 bits per heavy atom. The number of likely N-dealkylation sites (tertiary alicyclic amines) is 1. The first-order valence-electron chi connectivity index (χ1n) is 6.29. The van der Waals surface area contributed by atoms with Gasteiger partial charge in [-0.15, -0.1) is 0 Å². The Labute approximate surface area is 106 Å². The van der Waals surface area contributed by atoms with Crippen LogP contribution in [0.25, 0.3) is 6.08 Å². The van der Waals surface area contributed by atoms with E-state index in [1.807, 2.05) is 12.1 Å². The number of urea groups is 1. The highest BCUT2D eigenvalue weighted by Crippen LogP contribution is 2.34. The summed E-state index contributed by atoms with van der Waals surface area (Å²) in [6.45, 7) is 1.43. The van der Waals surface area contributed by atoms with E-state index in [0.717, 1.165) is 25.9 Å². The molecule has 3 N–H and O–H groups in total. The van der Waals surface area contributed by atoms with Gasteiger partial charge in [-0.2, -0.15) is 0 Å². The molecule has 0 bridgehead atoms. The molecule has 0 saturated carbocycles. The van der Waals surface area contributed by atoms with Crippen LogP contribution in [0, 0.1) is 0 Å². The molecule has 2 amide bonds. The largest absolute Gasteiger partial charge is 0.375 e. The molecule has 1 spiro atoms. The van der Waals surface area contributed by atoms with Gasteiger partial charge in [0.25, 0.3) is 0 Å². The predicted octanol–water partition coefficient (Wildman–Crippen LogP) is 2.04. The summed E-state index contributed by atoms with van der Waals surface area (Å²) in [5, 5.41) is 3.61. The first kappa shape index (κ1) is 11.1. The van der Waals surface area contributed by atoms with Gasteiger partial charge in [-0.25, -0.2) is 4.79 Å². The van der Waals surface area contributed by atoms with Crippen molar-refractivity contribution >= 4 is 17.8 Å².